The van der Waals surface area contributed by atoms with Gasteiger partial charge in [-0.1, -0.05) is 31.4 Å². The molecule has 2 nitrogen and oxygen atoms in total. The molecule has 0 bridgehead atoms. The molecular weight excluding hydrogens is 253 g/mol. The summed E-state index contributed by atoms with van der Waals surface area (Å²) in [4.78, 5) is 15.0. The molecule has 0 atom stereocenters. The van der Waals surface area contributed by atoms with Crippen LogP contribution in [0, 0.1) is 5.82 Å². The van der Waals surface area contributed by atoms with E-state index in [9.17, 15) is 9.18 Å². The first kappa shape index (κ1) is 13.6. The molecule has 1 heterocycles. The van der Waals surface area contributed by atoms with Crippen LogP contribution in [0.3, 0.4) is 0 Å². The SMILES string of the molecule is O=C(N1CCCCCC1)C1(c2cccc(F)c2)CCC1. The van der Waals surface area contributed by atoms with Crippen molar-refractivity contribution in [3.8, 4) is 0 Å². The third kappa shape index (κ3) is 2.34. The van der Waals surface area contributed by atoms with Crippen molar-refractivity contribution >= 4 is 5.91 Å². The van der Waals surface area contributed by atoms with Crippen LogP contribution >= 0.6 is 0 Å². The van der Waals surface area contributed by atoms with Crippen LogP contribution in [0.4, 0.5) is 4.39 Å². The van der Waals surface area contributed by atoms with Crippen LogP contribution in [-0.4, -0.2) is 23.9 Å². The average molecular weight is 275 g/mol. The molecule has 1 aliphatic heterocycles. The zero-order valence-corrected chi connectivity index (χ0v) is 11.9. The fourth-order valence-electron chi connectivity index (χ4n) is 3.52. The van der Waals surface area contributed by atoms with E-state index < -0.39 is 5.41 Å². The first-order valence-electron chi connectivity index (χ1n) is 7.78. The van der Waals surface area contributed by atoms with E-state index >= 15 is 0 Å². The highest BCUT2D eigenvalue weighted by Gasteiger charge is 2.47. The van der Waals surface area contributed by atoms with E-state index in [0.717, 1.165) is 50.8 Å². The van der Waals surface area contributed by atoms with E-state index in [1.807, 2.05) is 11.0 Å². The molecule has 108 valence electrons. The van der Waals surface area contributed by atoms with Gasteiger partial charge in [0.2, 0.25) is 5.91 Å². The summed E-state index contributed by atoms with van der Waals surface area (Å²) in [5.41, 5.74) is 0.435. The molecule has 0 unspecified atom stereocenters. The summed E-state index contributed by atoms with van der Waals surface area (Å²) in [5.74, 6) is -0.00584. The number of rotatable bonds is 2. The van der Waals surface area contributed by atoms with Crippen molar-refractivity contribution in [1.29, 1.82) is 0 Å². The molecule has 1 saturated carbocycles. The summed E-state index contributed by atoms with van der Waals surface area (Å²) in [6.07, 6.45) is 7.44. The van der Waals surface area contributed by atoms with Crippen molar-refractivity contribution in [3.05, 3.63) is 35.6 Å². The lowest BCUT2D eigenvalue weighted by atomic mass is 9.63. The Morgan fingerprint density at radius 1 is 1.05 bits per heavy atom. The number of carbonyl (C=O) groups is 1. The fourth-order valence-corrected chi connectivity index (χ4v) is 3.52. The van der Waals surface area contributed by atoms with Crippen molar-refractivity contribution in [3.63, 3.8) is 0 Å². The number of likely N-dealkylation sites (tertiary alicyclic amines) is 1. The Kier molecular flexibility index (Phi) is 3.77. The molecule has 1 aromatic carbocycles. The summed E-state index contributed by atoms with van der Waals surface area (Å²) < 4.78 is 13.5. The van der Waals surface area contributed by atoms with Gasteiger partial charge in [0.15, 0.2) is 0 Å². The predicted molar refractivity (Wildman–Crippen MR) is 77.0 cm³/mol. The second-order valence-corrected chi connectivity index (χ2v) is 6.15. The summed E-state index contributed by atoms with van der Waals surface area (Å²) >= 11 is 0. The zero-order valence-electron chi connectivity index (χ0n) is 11.9. The Morgan fingerprint density at radius 2 is 1.75 bits per heavy atom. The molecule has 0 spiro atoms. The molecule has 3 heteroatoms. The fraction of sp³-hybridized carbons (Fsp3) is 0.588. The molecule has 2 fully saturated rings. The van der Waals surface area contributed by atoms with Crippen LogP contribution in [0.25, 0.3) is 0 Å². The van der Waals surface area contributed by atoms with E-state index in [0.29, 0.717) is 0 Å². The Labute approximate surface area is 120 Å². The van der Waals surface area contributed by atoms with Crippen molar-refractivity contribution in [2.45, 2.75) is 50.4 Å². The summed E-state index contributed by atoms with van der Waals surface area (Å²) in [6, 6.07) is 6.64. The van der Waals surface area contributed by atoms with Crippen LogP contribution < -0.4 is 0 Å². The molecule has 0 radical (unpaired) electrons. The maximum atomic E-state index is 13.5. The maximum absolute atomic E-state index is 13.5. The van der Waals surface area contributed by atoms with Gasteiger partial charge in [0.05, 0.1) is 5.41 Å². The Hall–Kier alpha value is -1.38. The van der Waals surface area contributed by atoms with Crippen LogP contribution in [-0.2, 0) is 10.2 Å². The minimum Gasteiger partial charge on any atom is -0.342 e. The number of hydrogen-bond acceptors (Lipinski definition) is 1. The number of hydrogen-bond donors (Lipinski definition) is 0. The Morgan fingerprint density at radius 3 is 2.30 bits per heavy atom. The molecular formula is C17H22FNO. The van der Waals surface area contributed by atoms with Gasteiger partial charge in [0.1, 0.15) is 5.82 Å². The standard InChI is InChI=1S/C17H22FNO/c18-15-8-5-7-14(13-15)17(9-6-10-17)16(20)19-11-3-1-2-4-12-19/h5,7-8,13H,1-4,6,9-12H2. The Bertz CT molecular complexity index is 488. The first-order valence-corrected chi connectivity index (χ1v) is 7.78. The quantitative estimate of drug-likeness (QED) is 0.806. The van der Waals surface area contributed by atoms with E-state index in [2.05, 4.69) is 0 Å². The molecule has 1 saturated heterocycles. The third-order valence-electron chi connectivity index (χ3n) is 4.89. The highest BCUT2D eigenvalue weighted by molar-refractivity contribution is 5.89. The van der Waals surface area contributed by atoms with Gasteiger partial charge in [0.25, 0.3) is 0 Å². The van der Waals surface area contributed by atoms with E-state index in [1.165, 1.54) is 18.9 Å². The zero-order chi connectivity index (χ0) is 14.0. The normalized spacial score (nSPS) is 21.9. The highest BCUT2D eigenvalue weighted by atomic mass is 19.1. The molecule has 0 N–H and O–H groups in total. The number of benzene rings is 1. The van der Waals surface area contributed by atoms with Crippen molar-refractivity contribution in [1.82, 2.24) is 4.90 Å². The van der Waals surface area contributed by atoms with Crippen LogP contribution in [0.15, 0.2) is 24.3 Å². The highest BCUT2D eigenvalue weighted by Crippen LogP contribution is 2.45. The second kappa shape index (κ2) is 5.55. The van der Waals surface area contributed by atoms with Gasteiger partial charge in [-0.25, -0.2) is 4.39 Å². The summed E-state index contributed by atoms with van der Waals surface area (Å²) in [6.45, 7) is 1.74. The smallest absolute Gasteiger partial charge is 0.233 e. The van der Waals surface area contributed by atoms with E-state index in [1.54, 1.807) is 12.1 Å². The van der Waals surface area contributed by atoms with Gasteiger partial charge in [-0.05, 0) is 43.4 Å². The predicted octanol–water partition coefficient (Wildman–Crippen LogP) is 3.65. The van der Waals surface area contributed by atoms with Crippen molar-refractivity contribution in [2.75, 3.05) is 13.1 Å². The second-order valence-electron chi connectivity index (χ2n) is 6.15. The van der Waals surface area contributed by atoms with Crippen molar-refractivity contribution in [2.24, 2.45) is 0 Å². The minimum absolute atomic E-state index is 0.233. The molecule has 2 aliphatic rings. The molecule has 1 aliphatic carbocycles. The van der Waals surface area contributed by atoms with Gasteiger partial charge < -0.3 is 4.90 Å². The molecule has 1 aromatic rings. The van der Waals surface area contributed by atoms with Gasteiger partial charge in [-0.2, -0.15) is 0 Å². The van der Waals surface area contributed by atoms with Crippen LogP contribution in [0.1, 0.15) is 50.5 Å². The Balaban J connectivity index is 1.86. The van der Waals surface area contributed by atoms with Gasteiger partial charge in [-0.15, -0.1) is 0 Å². The number of halogens is 1. The molecule has 1 amide bonds. The van der Waals surface area contributed by atoms with Gasteiger partial charge >= 0.3 is 0 Å². The van der Waals surface area contributed by atoms with Crippen LogP contribution in [0.2, 0.25) is 0 Å². The van der Waals surface area contributed by atoms with Crippen molar-refractivity contribution < 1.29 is 9.18 Å². The van der Waals surface area contributed by atoms with E-state index in [-0.39, 0.29) is 11.7 Å². The topological polar surface area (TPSA) is 20.3 Å². The minimum atomic E-state index is -0.438. The average Bonchev–Trinajstić information content (AvgIpc) is 2.66. The van der Waals surface area contributed by atoms with E-state index in [4.69, 9.17) is 0 Å². The van der Waals surface area contributed by atoms with Gasteiger partial charge in [-0.3, -0.25) is 4.79 Å². The monoisotopic (exact) mass is 275 g/mol. The number of nitrogens with zero attached hydrogens (tertiary/aromatic N) is 1. The lowest BCUT2D eigenvalue weighted by Crippen LogP contribution is -2.51. The lowest BCUT2D eigenvalue weighted by molar-refractivity contribution is -0.140. The largest absolute Gasteiger partial charge is 0.342 e. The molecule has 0 aromatic heterocycles. The summed E-state index contributed by atoms with van der Waals surface area (Å²) in [5, 5.41) is 0. The first-order chi connectivity index (χ1) is 9.72. The third-order valence-corrected chi connectivity index (χ3v) is 4.89. The van der Waals surface area contributed by atoms with Gasteiger partial charge in [0, 0.05) is 13.1 Å². The number of amides is 1. The summed E-state index contributed by atoms with van der Waals surface area (Å²) in [7, 11) is 0. The molecule has 3 rings (SSSR count). The lowest BCUT2D eigenvalue weighted by Gasteiger charge is -2.44. The van der Waals surface area contributed by atoms with Crippen LogP contribution in [0.5, 0.6) is 0 Å². The molecule has 20 heavy (non-hydrogen) atoms. The number of carbonyl (C=O) groups excluding carboxylic acids is 1. The maximum Gasteiger partial charge on any atom is 0.233 e.